The van der Waals surface area contributed by atoms with Crippen molar-refractivity contribution in [1.82, 2.24) is 30.3 Å². The molecule has 1 aromatic carbocycles. The highest BCUT2D eigenvalue weighted by Crippen LogP contribution is 2.17. The van der Waals surface area contributed by atoms with E-state index < -0.39 is 0 Å². The first-order valence-corrected chi connectivity index (χ1v) is 10.1. The van der Waals surface area contributed by atoms with Crippen LogP contribution in [0.25, 0.3) is 0 Å². The van der Waals surface area contributed by atoms with Gasteiger partial charge in [-0.15, -0.1) is 34.2 Å². The van der Waals surface area contributed by atoms with Crippen LogP contribution in [0.15, 0.2) is 29.3 Å². The van der Waals surface area contributed by atoms with Crippen molar-refractivity contribution in [1.29, 1.82) is 0 Å². The summed E-state index contributed by atoms with van der Waals surface area (Å²) in [7, 11) is 5.47. The maximum Gasteiger partial charge on any atom is 0.253 e. The lowest BCUT2D eigenvalue weighted by molar-refractivity contribution is 0.0827. The first kappa shape index (κ1) is 24.1. The van der Waals surface area contributed by atoms with Crippen molar-refractivity contribution in [2.75, 3.05) is 14.1 Å². The molecule has 1 heterocycles. The van der Waals surface area contributed by atoms with Crippen LogP contribution in [0.2, 0.25) is 0 Å². The number of rotatable bonds is 6. The number of aryl methyl sites for hydroxylation is 1. The van der Waals surface area contributed by atoms with E-state index in [-0.39, 0.29) is 29.9 Å². The third-order valence-corrected chi connectivity index (χ3v) is 5.32. The SMILES string of the molecule is Cc1nnc(CNC(=NCc2ccc(C(=O)N(C)C)cc2)NC2CCCC2)n1C.I. The summed E-state index contributed by atoms with van der Waals surface area (Å²) in [5, 5.41) is 15.3. The molecule has 2 N–H and O–H groups in total. The fourth-order valence-electron chi connectivity index (χ4n) is 3.37. The fourth-order valence-corrected chi connectivity index (χ4v) is 3.37. The van der Waals surface area contributed by atoms with Crippen LogP contribution in [-0.2, 0) is 20.1 Å². The molecule has 3 rings (SSSR count). The second-order valence-corrected chi connectivity index (χ2v) is 7.76. The molecule has 1 fully saturated rings. The Bertz CT molecular complexity index is 855. The predicted octanol–water partition coefficient (Wildman–Crippen LogP) is 2.62. The topological polar surface area (TPSA) is 87.4 Å². The van der Waals surface area contributed by atoms with Gasteiger partial charge in [0.15, 0.2) is 11.8 Å². The summed E-state index contributed by atoms with van der Waals surface area (Å²) in [4.78, 5) is 18.4. The zero-order chi connectivity index (χ0) is 20.8. The maximum atomic E-state index is 12.0. The summed E-state index contributed by atoms with van der Waals surface area (Å²) in [5.74, 6) is 2.54. The van der Waals surface area contributed by atoms with Crippen molar-refractivity contribution >= 4 is 35.8 Å². The average Bonchev–Trinajstić information content (AvgIpc) is 3.34. The predicted molar refractivity (Wildman–Crippen MR) is 129 cm³/mol. The second-order valence-electron chi connectivity index (χ2n) is 7.76. The molecule has 0 bridgehead atoms. The van der Waals surface area contributed by atoms with Crippen LogP contribution >= 0.6 is 24.0 Å². The summed E-state index contributed by atoms with van der Waals surface area (Å²) in [6, 6.07) is 8.08. The van der Waals surface area contributed by atoms with E-state index in [4.69, 9.17) is 4.99 Å². The molecule has 0 saturated heterocycles. The first-order valence-electron chi connectivity index (χ1n) is 10.1. The van der Waals surface area contributed by atoms with Gasteiger partial charge in [-0.25, -0.2) is 4.99 Å². The third kappa shape index (κ3) is 6.41. The zero-order valence-corrected chi connectivity index (χ0v) is 20.5. The summed E-state index contributed by atoms with van der Waals surface area (Å²) in [5.41, 5.74) is 1.74. The van der Waals surface area contributed by atoms with Gasteiger partial charge in [-0.3, -0.25) is 4.79 Å². The number of hydrogen-bond acceptors (Lipinski definition) is 4. The quantitative estimate of drug-likeness (QED) is 0.344. The summed E-state index contributed by atoms with van der Waals surface area (Å²) >= 11 is 0. The summed E-state index contributed by atoms with van der Waals surface area (Å²) < 4.78 is 1.97. The fraction of sp³-hybridized carbons (Fsp3) is 0.524. The van der Waals surface area contributed by atoms with Crippen molar-refractivity contribution in [3.05, 3.63) is 47.0 Å². The zero-order valence-electron chi connectivity index (χ0n) is 18.2. The molecule has 0 radical (unpaired) electrons. The third-order valence-electron chi connectivity index (χ3n) is 5.32. The van der Waals surface area contributed by atoms with Crippen molar-refractivity contribution in [3.8, 4) is 0 Å². The molecule has 1 aliphatic rings. The largest absolute Gasteiger partial charge is 0.354 e. The lowest BCUT2D eigenvalue weighted by Crippen LogP contribution is -2.42. The number of carbonyl (C=O) groups excluding carboxylic acids is 1. The van der Waals surface area contributed by atoms with E-state index in [9.17, 15) is 4.79 Å². The Morgan fingerprint density at radius 1 is 1.20 bits per heavy atom. The monoisotopic (exact) mass is 525 g/mol. The van der Waals surface area contributed by atoms with Gasteiger partial charge in [-0.1, -0.05) is 25.0 Å². The molecule has 164 valence electrons. The molecule has 30 heavy (non-hydrogen) atoms. The van der Waals surface area contributed by atoms with Gasteiger partial charge in [0.25, 0.3) is 5.91 Å². The molecule has 1 aromatic heterocycles. The van der Waals surface area contributed by atoms with Gasteiger partial charge in [0.2, 0.25) is 0 Å². The molecule has 0 aliphatic heterocycles. The Morgan fingerprint density at radius 2 is 1.87 bits per heavy atom. The Hall–Kier alpha value is -2.17. The molecular formula is C21H32IN7O. The van der Waals surface area contributed by atoms with E-state index in [1.54, 1.807) is 19.0 Å². The van der Waals surface area contributed by atoms with Crippen LogP contribution in [-0.4, -0.2) is 51.7 Å². The number of nitrogens with zero attached hydrogens (tertiary/aromatic N) is 5. The highest BCUT2D eigenvalue weighted by atomic mass is 127. The summed E-state index contributed by atoms with van der Waals surface area (Å²) in [6.45, 7) is 3.04. The van der Waals surface area contributed by atoms with E-state index in [1.165, 1.54) is 25.7 Å². The minimum atomic E-state index is 0. The van der Waals surface area contributed by atoms with Crippen LogP contribution in [0, 0.1) is 6.92 Å². The Labute approximate surface area is 195 Å². The molecule has 1 aliphatic carbocycles. The number of halogens is 1. The van der Waals surface area contributed by atoms with Gasteiger partial charge < -0.3 is 20.1 Å². The van der Waals surface area contributed by atoms with Crippen LogP contribution in [0.1, 0.15) is 53.3 Å². The minimum Gasteiger partial charge on any atom is -0.354 e. The number of benzene rings is 1. The van der Waals surface area contributed by atoms with E-state index in [1.807, 2.05) is 42.8 Å². The highest BCUT2D eigenvalue weighted by molar-refractivity contribution is 14.0. The smallest absolute Gasteiger partial charge is 0.253 e. The van der Waals surface area contributed by atoms with Gasteiger partial charge >= 0.3 is 0 Å². The minimum absolute atomic E-state index is 0. The molecule has 0 atom stereocenters. The second kappa shape index (κ2) is 11.3. The van der Waals surface area contributed by atoms with E-state index in [0.717, 1.165) is 23.2 Å². The number of aliphatic imine (C=N–C) groups is 1. The Morgan fingerprint density at radius 3 is 2.43 bits per heavy atom. The lowest BCUT2D eigenvalue weighted by Gasteiger charge is -2.17. The number of aromatic nitrogens is 3. The lowest BCUT2D eigenvalue weighted by atomic mass is 10.1. The number of nitrogens with one attached hydrogen (secondary N) is 2. The highest BCUT2D eigenvalue weighted by Gasteiger charge is 2.16. The molecule has 0 spiro atoms. The molecule has 2 aromatic rings. The molecule has 1 amide bonds. The van der Waals surface area contributed by atoms with Crippen LogP contribution in [0.3, 0.4) is 0 Å². The molecule has 8 nitrogen and oxygen atoms in total. The first-order chi connectivity index (χ1) is 13.9. The van der Waals surface area contributed by atoms with Crippen LogP contribution in [0.4, 0.5) is 0 Å². The Balaban J connectivity index is 0.00000320. The van der Waals surface area contributed by atoms with Crippen molar-refractivity contribution in [2.45, 2.75) is 51.7 Å². The van der Waals surface area contributed by atoms with Crippen molar-refractivity contribution < 1.29 is 4.79 Å². The Kier molecular flexibility index (Phi) is 9.07. The molecule has 0 unspecified atom stereocenters. The van der Waals surface area contributed by atoms with Crippen LogP contribution < -0.4 is 10.6 Å². The standard InChI is InChI=1S/C21H31N7O.HI/c1-15-25-26-19(28(15)4)14-23-21(24-18-7-5-6-8-18)22-13-16-9-11-17(12-10-16)20(29)27(2)3;/h9-12,18H,5-8,13-14H2,1-4H3,(H2,22,23,24);1H. The average molecular weight is 525 g/mol. The van der Waals surface area contributed by atoms with Gasteiger partial charge in [0.05, 0.1) is 13.1 Å². The van der Waals surface area contributed by atoms with E-state index in [0.29, 0.717) is 24.7 Å². The van der Waals surface area contributed by atoms with Crippen LogP contribution in [0.5, 0.6) is 0 Å². The number of carbonyl (C=O) groups is 1. The number of amides is 1. The molecule has 9 heteroatoms. The van der Waals surface area contributed by atoms with Gasteiger partial charge in [-0.05, 0) is 37.5 Å². The normalized spacial score (nSPS) is 14.3. The van der Waals surface area contributed by atoms with E-state index in [2.05, 4.69) is 20.8 Å². The molecule has 1 saturated carbocycles. The summed E-state index contributed by atoms with van der Waals surface area (Å²) in [6.07, 6.45) is 4.86. The van der Waals surface area contributed by atoms with E-state index >= 15 is 0 Å². The van der Waals surface area contributed by atoms with Crippen molar-refractivity contribution in [3.63, 3.8) is 0 Å². The number of hydrogen-bond donors (Lipinski definition) is 2. The van der Waals surface area contributed by atoms with Crippen molar-refractivity contribution in [2.24, 2.45) is 12.0 Å². The van der Waals surface area contributed by atoms with Gasteiger partial charge in [0.1, 0.15) is 5.82 Å². The van der Waals surface area contributed by atoms with Gasteiger partial charge in [0, 0.05) is 32.7 Å². The maximum absolute atomic E-state index is 12.0. The van der Waals surface area contributed by atoms with Gasteiger partial charge in [-0.2, -0.15) is 0 Å². The molecular weight excluding hydrogens is 493 g/mol. The number of guanidine groups is 1.